The van der Waals surface area contributed by atoms with Gasteiger partial charge in [0.05, 0.1) is 11.8 Å². The summed E-state index contributed by atoms with van der Waals surface area (Å²) in [5, 5.41) is 11.7. The molecule has 0 radical (unpaired) electrons. The molecule has 3 aliphatic rings. The van der Waals surface area contributed by atoms with E-state index in [1.807, 2.05) is 18.8 Å². The molecule has 0 amide bonds. The minimum atomic E-state index is 0.374. The van der Waals surface area contributed by atoms with Crippen molar-refractivity contribution in [3.63, 3.8) is 0 Å². The molecule has 6 heteroatoms. The Morgan fingerprint density at radius 2 is 2.21 bits per heavy atom. The number of aryl methyl sites for hydroxylation is 2. The smallest absolute Gasteiger partial charge is 0.191 e. The summed E-state index contributed by atoms with van der Waals surface area (Å²) >= 11 is 0. The molecule has 1 spiro atoms. The molecule has 4 rings (SSSR count). The van der Waals surface area contributed by atoms with Crippen LogP contribution in [-0.2, 0) is 18.3 Å². The lowest BCUT2D eigenvalue weighted by Crippen LogP contribution is -2.72. The van der Waals surface area contributed by atoms with E-state index in [1.165, 1.54) is 36.9 Å². The number of guanidine groups is 1. The van der Waals surface area contributed by atoms with Crippen LogP contribution >= 0.6 is 0 Å². The van der Waals surface area contributed by atoms with Crippen LogP contribution in [-0.4, -0.2) is 41.5 Å². The van der Waals surface area contributed by atoms with E-state index >= 15 is 0 Å². The molecule has 1 aliphatic heterocycles. The molecule has 3 atom stereocenters. The summed E-state index contributed by atoms with van der Waals surface area (Å²) in [4.78, 5) is 4.46. The lowest BCUT2D eigenvalue weighted by molar-refractivity contribution is -0.171. The maximum Gasteiger partial charge on any atom is 0.191 e. The van der Waals surface area contributed by atoms with Crippen LogP contribution in [0.15, 0.2) is 4.99 Å². The monoisotopic (exact) mass is 331 g/mol. The highest BCUT2D eigenvalue weighted by molar-refractivity contribution is 5.80. The van der Waals surface area contributed by atoms with Crippen molar-refractivity contribution < 1.29 is 4.74 Å². The average Bonchev–Trinajstić information content (AvgIpc) is 3.02. The van der Waals surface area contributed by atoms with Crippen LogP contribution in [0.1, 0.15) is 42.6 Å². The molecular formula is C18H29N5O. The fraction of sp³-hybridized carbons (Fsp3) is 0.778. The normalized spacial score (nSPS) is 30.7. The number of ether oxygens (including phenoxy) is 1. The van der Waals surface area contributed by atoms with Crippen molar-refractivity contribution in [2.24, 2.45) is 23.4 Å². The molecule has 24 heavy (non-hydrogen) atoms. The zero-order valence-electron chi connectivity index (χ0n) is 15.2. The lowest BCUT2D eigenvalue weighted by Gasteiger charge is -2.63. The van der Waals surface area contributed by atoms with E-state index in [0.717, 1.165) is 24.8 Å². The van der Waals surface area contributed by atoms with Gasteiger partial charge in [-0.2, -0.15) is 5.10 Å². The molecule has 1 aromatic rings. The van der Waals surface area contributed by atoms with Crippen LogP contribution in [0.5, 0.6) is 0 Å². The molecule has 2 aliphatic carbocycles. The van der Waals surface area contributed by atoms with Gasteiger partial charge in [0.25, 0.3) is 0 Å². The van der Waals surface area contributed by atoms with Gasteiger partial charge >= 0.3 is 0 Å². The second-order valence-corrected chi connectivity index (χ2v) is 7.65. The van der Waals surface area contributed by atoms with E-state index < -0.39 is 0 Å². The molecular weight excluding hydrogens is 302 g/mol. The van der Waals surface area contributed by atoms with Gasteiger partial charge in [0, 0.05) is 55.9 Å². The van der Waals surface area contributed by atoms with Gasteiger partial charge in [-0.1, -0.05) is 6.42 Å². The van der Waals surface area contributed by atoms with Crippen molar-refractivity contribution in [1.29, 1.82) is 0 Å². The summed E-state index contributed by atoms with van der Waals surface area (Å²) in [6.07, 6.45) is 5.60. The van der Waals surface area contributed by atoms with E-state index in [4.69, 9.17) is 4.74 Å². The summed E-state index contributed by atoms with van der Waals surface area (Å²) in [7, 11) is 3.85. The van der Waals surface area contributed by atoms with Gasteiger partial charge in [0.1, 0.15) is 0 Å². The van der Waals surface area contributed by atoms with E-state index in [0.29, 0.717) is 23.5 Å². The highest BCUT2D eigenvalue weighted by Gasteiger charge is 2.66. The Morgan fingerprint density at radius 3 is 2.79 bits per heavy atom. The Morgan fingerprint density at radius 1 is 1.42 bits per heavy atom. The summed E-state index contributed by atoms with van der Waals surface area (Å²) in [5.74, 6) is 1.56. The number of hydrogen-bond donors (Lipinski definition) is 2. The minimum absolute atomic E-state index is 0.374. The number of nitrogens with zero attached hydrogens (tertiary/aromatic N) is 3. The Hall–Kier alpha value is -1.56. The van der Waals surface area contributed by atoms with Crippen LogP contribution in [0, 0.1) is 25.2 Å². The largest absolute Gasteiger partial charge is 0.377 e. The van der Waals surface area contributed by atoms with Gasteiger partial charge in [-0.25, -0.2) is 0 Å². The first-order chi connectivity index (χ1) is 11.6. The molecule has 1 saturated heterocycles. The second-order valence-electron chi connectivity index (χ2n) is 7.65. The van der Waals surface area contributed by atoms with Gasteiger partial charge in [-0.3, -0.25) is 9.67 Å². The lowest BCUT2D eigenvalue weighted by atomic mass is 9.46. The third-order valence-corrected chi connectivity index (χ3v) is 6.64. The third-order valence-electron chi connectivity index (χ3n) is 6.64. The van der Waals surface area contributed by atoms with Crippen molar-refractivity contribution in [2.75, 3.05) is 13.7 Å². The van der Waals surface area contributed by atoms with E-state index in [9.17, 15) is 0 Å². The van der Waals surface area contributed by atoms with Crippen molar-refractivity contribution in [1.82, 2.24) is 20.4 Å². The average molecular weight is 331 g/mol. The standard InChI is InChI=1S/C18H29N5O/c1-11-14(12(2)23(4)22-11)10-20-17(19-3)21-15-13-6-9-24-16(13)18(15)7-5-8-18/h13,15-16H,5-10H2,1-4H3,(H2,19,20,21). The summed E-state index contributed by atoms with van der Waals surface area (Å²) in [5.41, 5.74) is 3.92. The Bertz CT molecular complexity index is 661. The molecule has 2 heterocycles. The van der Waals surface area contributed by atoms with E-state index in [2.05, 4.69) is 34.6 Å². The van der Waals surface area contributed by atoms with Gasteiger partial charge in [-0.15, -0.1) is 0 Å². The number of aliphatic imine (C=N–C) groups is 1. The van der Waals surface area contributed by atoms with Gasteiger partial charge < -0.3 is 15.4 Å². The zero-order valence-corrected chi connectivity index (χ0v) is 15.2. The van der Waals surface area contributed by atoms with Crippen molar-refractivity contribution >= 4 is 5.96 Å². The maximum absolute atomic E-state index is 6.01. The SMILES string of the molecule is CN=C(NCc1c(C)nn(C)c1C)NC1C2CCOC2C12CCC2. The number of hydrogen-bond acceptors (Lipinski definition) is 3. The molecule has 2 saturated carbocycles. The first kappa shape index (κ1) is 15.9. The predicted octanol–water partition coefficient (Wildman–Crippen LogP) is 1.66. The first-order valence-corrected chi connectivity index (χ1v) is 9.14. The Balaban J connectivity index is 1.42. The second kappa shape index (κ2) is 5.76. The number of nitrogens with one attached hydrogen (secondary N) is 2. The predicted molar refractivity (Wildman–Crippen MR) is 93.9 cm³/mol. The summed E-state index contributed by atoms with van der Waals surface area (Å²) in [6, 6.07) is 0.515. The third kappa shape index (κ3) is 2.19. The van der Waals surface area contributed by atoms with Crippen LogP contribution in [0.2, 0.25) is 0 Å². The molecule has 3 fully saturated rings. The van der Waals surface area contributed by atoms with Crippen molar-refractivity contribution in [3.05, 3.63) is 17.0 Å². The number of aromatic nitrogens is 2. The quantitative estimate of drug-likeness (QED) is 0.653. The highest BCUT2D eigenvalue weighted by atomic mass is 16.5. The van der Waals surface area contributed by atoms with Gasteiger partial charge in [0.15, 0.2) is 5.96 Å². The van der Waals surface area contributed by atoms with E-state index in [-0.39, 0.29) is 0 Å². The molecule has 2 N–H and O–H groups in total. The van der Waals surface area contributed by atoms with Crippen LogP contribution in [0.25, 0.3) is 0 Å². The van der Waals surface area contributed by atoms with Crippen LogP contribution < -0.4 is 10.6 Å². The maximum atomic E-state index is 6.01. The zero-order chi connectivity index (χ0) is 16.9. The van der Waals surface area contributed by atoms with Gasteiger partial charge in [0.2, 0.25) is 0 Å². The fourth-order valence-corrected chi connectivity index (χ4v) is 5.04. The topological polar surface area (TPSA) is 63.5 Å². The molecule has 132 valence electrons. The molecule has 0 aromatic carbocycles. The Kier molecular flexibility index (Phi) is 3.82. The number of rotatable bonds is 3. The molecule has 1 aromatic heterocycles. The number of fused-ring (bicyclic) bond motifs is 2. The minimum Gasteiger partial charge on any atom is -0.377 e. The van der Waals surface area contributed by atoms with E-state index in [1.54, 1.807) is 0 Å². The summed E-state index contributed by atoms with van der Waals surface area (Å²) < 4.78 is 7.95. The van der Waals surface area contributed by atoms with Crippen LogP contribution in [0.3, 0.4) is 0 Å². The Labute approximate surface area is 144 Å². The van der Waals surface area contributed by atoms with Crippen molar-refractivity contribution in [2.45, 2.75) is 58.2 Å². The first-order valence-electron chi connectivity index (χ1n) is 9.14. The molecule has 6 nitrogen and oxygen atoms in total. The van der Waals surface area contributed by atoms with Gasteiger partial charge in [-0.05, 0) is 33.1 Å². The molecule has 0 bridgehead atoms. The van der Waals surface area contributed by atoms with Crippen LogP contribution in [0.4, 0.5) is 0 Å². The highest BCUT2D eigenvalue weighted by Crippen LogP contribution is 2.62. The van der Waals surface area contributed by atoms with Crippen molar-refractivity contribution in [3.8, 4) is 0 Å². The fourth-order valence-electron chi connectivity index (χ4n) is 5.04. The summed E-state index contributed by atoms with van der Waals surface area (Å²) in [6.45, 7) is 5.86. The molecule has 3 unspecified atom stereocenters.